The van der Waals surface area contributed by atoms with E-state index >= 15 is 0 Å². The lowest BCUT2D eigenvalue weighted by Crippen LogP contribution is -2.28. The Labute approximate surface area is 103 Å². The summed E-state index contributed by atoms with van der Waals surface area (Å²) < 4.78 is 0. The number of hydrogen-bond acceptors (Lipinski definition) is 2. The van der Waals surface area contributed by atoms with Crippen LogP contribution in [0.3, 0.4) is 0 Å². The number of piperidine rings is 1. The maximum atomic E-state index is 9.89. The Hall–Kier alpha value is -0.860. The van der Waals surface area contributed by atoms with Crippen molar-refractivity contribution in [2.45, 2.75) is 43.6 Å². The first-order valence-corrected chi connectivity index (χ1v) is 6.77. The second kappa shape index (κ2) is 4.43. The van der Waals surface area contributed by atoms with Gasteiger partial charge in [0.05, 0.1) is 5.60 Å². The molecule has 2 nitrogen and oxygen atoms in total. The second-order valence-electron chi connectivity index (χ2n) is 5.69. The van der Waals surface area contributed by atoms with Crippen LogP contribution < -0.4 is 5.32 Å². The van der Waals surface area contributed by atoms with Crippen LogP contribution in [0.4, 0.5) is 0 Å². The zero-order valence-electron chi connectivity index (χ0n) is 10.3. The molecule has 0 amide bonds. The molecule has 2 heteroatoms. The molecule has 92 valence electrons. The first kappa shape index (κ1) is 11.2. The van der Waals surface area contributed by atoms with Crippen molar-refractivity contribution < 1.29 is 5.11 Å². The third kappa shape index (κ3) is 2.70. The van der Waals surface area contributed by atoms with Gasteiger partial charge in [-0.15, -0.1) is 0 Å². The van der Waals surface area contributed by atoms with E-state index in [2.05, 4.69) is 29.6 Å². The minimum Gasteiger partial charge on any atom is -0.390 e. The molecule has 17 heavy (non-hydrogen) atoms. The molecule has 1 heterocycles. The predicted octanol–water partition coefficient (Wildman–Crippen LogP) is 2.22. The van der Waals surface area contributed by atoms with Gasteiger partial charge in [-0.25, -0.2) is 0 Å². The quantitative estimate of drug-likeness (QED) is 0.836. The summed E-state index contributed by atoms with van der Waals surface area (Å²) >= 11 is 0. The van der Waals surface area contributed by atoms with Gasteiger partial charge in [-0.2, -0.15) is 0 Å². The molecule has 1 saturated carbocycles. The second-order valence-corrected chi connectivity index (χ2v) is 5.69. The fourth-order valence-electron chi connectivity index (χ4n) is 2.75. The largest absolute Gasteiger partial charge is 0.390 e. The summed E-state index contributed by atoms with van der Waals surface area (Å²) in [5.41, 5.74) is 2.36. The van der Waals surface area contributed by atoms with E-state index in [1.54, 1.807) is 0 Å². The summed E-state index contributed by atoms with van der Waals surface area (Å²) in [4.78, 5) is 0. The van der Waals surface area contributed by atoms with E-state index in [9.17, 15) is 5.11 Å². The van der Waals surface area contributed by atoms with Crippen molar-refractivity contribution in [3.8, 4) is 0 Å². The highest BCUT2D eigenvalue weighted by Crippen LogP contribution is 2.38. The van der Waals surface area contributed by atoms with E-state index in [4.69, 9.17) is 0 Å². The number of hydrogen-bond donors (Lipinski definition) is 2. The molecule has 1 aliphatic carbocycles. The van der Waals surface area contributed by atoms with Crippen molar-refractivity contribution >= 4 is 0 Å². The van der Waals surface area contributed by atoms with Gasteiger partial charge in [-0.3, -0.25) is 0 Å². The van der Waals surface area contributed by atoms with Crippen LogP contribution in [0.2, 0.25) is 0 Å². The van der Waals surface area contributed by atoms with Crippen LogP contribution in [0.25, 0.3) is 0 Å². The Morgan fingerprint density at radius 1 is 1.24 bits per heavy atom. The number of nitrogens with one attached hydrogen (secondary N) is 1. The minimum atomic E-state index is -0.367. The number of aliphatic hydroxyl groups is 1. The van der Waals surface area contributed by atoms with Crippen molar-refractivity contribution in [3.05, 3.63) is 35.4 Å². The average Bonchev–Trinajstić information content (AvgIpc) is 3.09. The smallest absolute Gasteiger partial charge is 0.0690 e. The molecule has 1 aromatic rings. The monoisotopic (exact) mass is 231 g/mol. The lowest BCUT2D eigenvalue weighted by atomic mass is 9.90. The summed E-state index contributed by atoms with van der Waals surface area (Å²) in [6.45, 7) is 2.28. The summed E-state index contributed by atoms with van der Waals surface area (Å²) in [6, 6.07) is 8.89. The molecule has 1 aliphatic heterocycles. The summed E-state index contributed by atoms with van der Waals surface area (Å²) in [5, 5.41) is 13.3. The SMILES string of the molecule is OC1(Cc2ccc(C3CCCNC3)cc2)CC1. The first-order chi connectivity index (χ1) is 8.25. The molecule has 0 aromatic heterocycles. The Kier molecular flexibility index (Phi) is 2.93. The maximum Gasteiger partial charge on any atom is 0.0690 e. The molecule has 0 radical (unpaired) electrons. The Morgan fingerprint density at radius 2 is 2.00 bits per heavy atom. The first-order valence-electron chi connectivity index (χ1n) is 6.77. The van der Waals surface area contributed by atoms with Gasteiger partial charge in [0.2, 0.25) is 0 Å². The molecule has 0 bridgehead atoms. The van der Waals surface area contributed by atoms with Crippen molar-refractivity contribution in [3.63, 3.8) is 0 Å². The van der Waals surface area contributed by atoms with E-state index in [1.165, 1.54) is 30.5 Å². The normalized spacial score (nSPS) is 26.8. The van der Waals surface area contributed by atoms with Crippen LogP contribution >= 0.6 is 0 Å². The van der Waals surface area contributed by atoms with E-state index in [1.807, 2.05) is 0 Å². The third-order valence-electron chi connectivity index (χ3n) is 4.11. The molecular formula is C15H21NO. The fraction of sp³-hybridized carbons (Fsp3) is 0.600. The average molecular weight is 231 g/mol. The molecule has 0 spiro atoms. The van der Waals surface area contributed by atoms with Crippen LogP contribution in [-0.4, -0.2) is 23.8 Å². The molecule has 1 unspecified atom stereocenters. The molecule has 1 saturated heterocycles. The molecule has 3 rings (SSSR count). The van der Waals surface area contributed by atoms with Gasteiger partial charge in [-0.05, 0) is 49.3 Å². The number of benzene rings is 1. The number of rotatable bonds is 3. The standard InChI is InChI=1S/C15H21NO/c17-15(7-8-15)10-12-3-5-13(6-4-12)14-2-1-9-16-11-14/h3-6,14,16-17H,1-2,7-11H2. The summed E-state index contributed by atoms with van der Waals surface area (Å²) in [7, 11) is 0. The zero-order chi connectivity index (χ0) is 11.7. The minimum absolute atomic E-state index is 0.367. The molecular weight excluding hydrogens is 210 g/mol. The molecule has 1 aromatic carbocycles. The fourth-order valence-corrected chi connectivity index (χ4v) is 2.75. The van der Waals surface area contributed by atoms with Gasteiger partial charge in [-0.1, -0.05) is 24.3 Å². The molecule has 2 N–H and O–H groups in total. The van der Waals surface area contributed by atoms with E-state index < -0.39 is 0 Å². The van der Waals surface area contributed by atoms with Gasteiger partial charge in [0.1, 0.15) is 0 Å². The molecule has 2 aliphatic rings. The predicted molar refractivity (Wildman–Crippen MR) is 69.2 cm³/mol. The van der Waals surface area contributed by atoms with E-state index in [-0.39, 0.29) is 5.60 Å². The maximum absolute atomic E-state index is 9.89. The highest BCUT2D eigenvalue weighted by molar-refractivity contribution is 5.27. The molecule has 2 fully saturated rings. The third-order valence-corrected chi connectivity index (χ3v) is 4.11. The van der Waals surface area contributed by atoms with E-state index in [0.717, 1.165) is 25.8 Å². The van der Waals surface area contributed by atoms with Gasteiger partial charge in [0, 0.05) is 13.0 Å². The lowest BCUT2D eigenvalue weighted by molar-refractivity contribution is 0.151. The van der Waals surface area contributed by atoms with Gasteiger partial charge in [0.25, 0.3) is 0 Å². The Balaban J connectivity index is 1.66. The highest BCUT2D eigenvalue weighted by atomic mass is 16.3. The zero-order valence-corrected chi connectivity index (χ0v) is 10.3. The van der Waals surface area contributed by atoms with Crippen molar-refractivity contribution in [2.75, 3.05) is 13.1 Å². The van der Waals surface area contributed by atoms with Crippen molar-refractivity contribution in [1.29, 1.82) is 0 Å². The van der Waals surface area contributed by atoms with Gasteiger partial charge in [0.15, 0.2) is 0 Å². The van der Waals surface area contributed by atoms with Gasteiger partial charge >= 0.3 is 0 Å². The van der Waals surface area contributed by atoms with Crippen LogP contribution in [0.5, 0.6) is 0 Å². The lowest BCUT2D eigenvalue weighted by Gasteiger charge is -2.23. The van der Waals surface area contributed by atoms with Crippen LogP contribution in [0, 0.1) is 0 Å². The Morgan fingerprint density at radius 3 is 2.59 bits per heavy atom. The summed E-state index contributed by atoms with van der Waals surface area (Å²) in [6.07, 6.45) is 5.36. The Bertz CT molecular complexity index is 374. The van der Waals surface area contributed by atoms with Crippen molar-refractivity contribution in [2.24, 2.45) is 0 Å². The summed E-state index contributed by atoms with van der Waals surface area (Å²) in [5.74, 6) is 0.682. The topological polar surface area (TPSA) is 32.3 Å². The van der Waals surface area contributed by atoms with Crippen molar-refractivity contribution in [1.82, 2.24) is 5.32 Å². The van der Waals surface area contributed by atoms with E-state index in [0.29, 0.717) is 5.92 Å². The van der Waals surface area contributed by atoms with Crippen LogP contribution in [0.15, 0.2) is 24.3 Å². The van der Waals surface area contributed by atoms with Crippen LogP contribution in [0.1, 0.15) is 42.7 Å². The highest BCUT2D eigenvalue weighted by Gasteiger charge is 2.39. The molecule has 1 atom stereocenters. The van der Waals surface area contributed by atoms with Crippen LogP contribution in [-0.2, 0) is 6.42 Å². The van der Waals surface area contributed by atoms with Gasteiger partial charge < -0.3 is 10.4 Å².